The van der Waals surface area contributed by atoms with Gasteiger partial charge in [-0.3, -0.25) is 14.4 Å². The van der Waals surface area contributed by atoms with E-state index < -0.39 is 24.2 Å². The number of ether oxygens (including phenoxy) is 2. The third-order valence-electron chi connectivity index (χ3n) is 3.20. The molecule has 1 N–H and O–H groups in total. The minimum atomic E-state index is -0.670. The minimum absolute atomic E-state index is 0.0232. The second kappa shape index (κ2) is 8.93. The van der Waals surface area contributed by atoms with Gasteiger partial charge in [0.15, 0.2) is 24.0 Å². The van der Waals surface area contributed by atoms with Crippen molar-refractivity contribution < 1.29 is 28.2 Å². The number of halogens is 1. The standard InChI is InChI=1S/C17H16FNO5S/c1-23-14-5-4-11(9-12(14)18)13(20)10-24-16(21)6-7-19-17(22)15-3-2-8-25-15/h2-5,8-9H,6-7,10H2,1H3,(H,19,22). The van der Waals surface area contributed by atoms with E-state index in [-0.39, 0.29) is 30.2 Å². The van der Waals surface area contributed by atoms with Crippen molar-refractivity contribution in [3.63, 3.8) is 0 Å². The molecule has 25 heavy (non-hydrogen) atoms. The number of carbonyl (C=O) groups excluding carboxylic acids is 3. The molecule has 0 bridgehead atoms. The fourth-order valence-corrected chi connectivity index (χ4v) is 2.55. The first-order valence-electron chi connectivity index (χ1n) is 7.35. The van der Waals surface area contributed by atoms with Crippen LogP contribution in [0.2, 0.25) is 0 Å². The van der Waals surface area contributed by atoms with Gasteiger partial charge < -0.3 is 14.8 Å². The van der Waals surface area contributed by atoms with Crippen LogP contribution in [0.1, 0.15) is 26.5 Å². The summed E-state index contributed by atoms with van der Waals surface area (Å²) in [5.41, 5.74) is 0.0806. The number of Topliss-reactive ketones (excluding diaryl/α,β-unsaturated/α-hetero) is 1. The van der Waals surface area contributed by atoms with E-state index in [0.717, 1.165) is 6.07 Å². The van der Waals surface area contributed by atoms with E-state index in [1.807, 2.05) is 0 Å². The van der Waals surface area contributed by atoms with E-state index in [4.69, 9.17) is 9.47 Å². The lowest BCUT2D eigenvalue weighted by Gasteiger charge is -2.07. The molecule has 1 aromatic carbocycles. The lowest BCUT2D eigenvalue weighted by Crippen LogP contribution is -2.26. The Morgan fingerprint density at radius 3 is 2.68 bits per heavy atom. The summed E-state index contributed by atoms with van der Waals surface area (Å²) in [6.07, 6.45) is -0.0681. The third kappa shape index (κ3) is 5.39. The summed E-state index contributed by atoms with van der Waals surface area (Å²) in [6, 6.07) is 7.16. The largest absolute Gasteiger partial charge is 0.494 e. The zero-order chi connectivity index (χ0) is 18.2. The van der Waals surface area contributed by atoms with Gasteiger partial charge in [0.1, 0.15) is 0 Å². The molecule has 0 aliphatic carbocycles. The van der Waals surface area contributed by atoms with Crippen LogP contribution >= 0.6 is 11.3 Å². The van der Waals surface area contributed by atoms with Crippen molar-refractivity contribution in [1.82, 2.24) is 5.32 Å². The molecule has 0 aliphatic heterocycles. The SMILES string of the molecule is COc1ccc(C(=O)COC(=O)CCNC(=O)c2cccs2)cc1F. The highest BCUT2D eigenvalue weighted by atomic mass is 32.1. The zero-order valence-corrected chi connectivity index (χ0v) is 14.2. The van der Waals surface area contributed by atoms with Crippen molar-refractivity contribution in [1.29, 1.82) is 0 Å². The normalized spacial score (nSPS) is 10.2. The molecule has 1 amide bonds. The van der Waals surface area contributed by atoms with Gasteiger partial charge in [0.05, 0.1) is 18.4 Å². The van der Waals surface area contributed by atoms with Gasteiger partial charge in [-0.25, -0.2) is 4.39 Å². The van der Waals surface area contributed by atoms with Crippen molar-refractivity contribution in [3.05, 3.63) is 52.0 Å². The Morgan fingerprint density at radius 1 is 1.24 bits per heavy atom. The Balaban J connectivity index is 1.73. The van der Waals surface area contributed by atoms with Crippen LogP contribution < -0.4 is 10.1 Å². The number of hydrogen-bond acceptors (Lipinski definition) is 6. The Hall–Kier alpha value is -2.74. The minimum Gasteiger partial charge on any atom is -0.494 e. The molecular formula is C17H16FNO5S. The van der Waals surface area contributed by atoms with E-state index in [9.17, 15) is 18.8 Å². The van der Waals surface area contributed by atoms with Crippen molar-refractivity contribution in [2.24, 2.45) is 0 Å². The number of benzene rings is 1. The predicted molar refractivity (Wildman–Crippen MR) is 89.5 cm³/mol. The summed E-state index contributed by atoms with van der Waals surface area (Å²) >= 11 is 1.29. The highest BCUT2D eigenvalue weighted by molar-refractivity contribution is 7.12. The molecule has 1 heterocycles. The Morgan fingerprint density at radius 2 is 2.04 bits per heavy atom. The quantitative estimate of drug-likeness (QED) is 0.574. The number of nitrogens with one attached hydrogen (secondary N) is 1. The first-order chi connectivity index (χ1) is 12.0. The molecule has 6 nitrogen and oxygen atoms in total. The number of ketones is 1. The first-order valence-corrected chi connectivity index (χ1v) is 8.23. The fraction of sp³-hybridized carbons (Fsp3) is 0.235. The van der Waals surface area contributed by atoms with Crippen LogP contribution in [0.25, 0.3) is 0 Å². The van der Waals surface area contributed by atoms with Crippen LogP contribution in [-0.4, -0.2) is 37.9 Å². The van der Waals surface area contributed by atoms with Crippen LogP contribution in [0.5, 0.6) is 5.75 Å². The molecule has 2 aromatic rings. The van der Waals surface area contributed by atoms with Gasteiger partial charge in [-0.2, -0.15) is 0 Å². The highest BCUT2D eigenvalue weighted by Gasteiger charge is 2.13. The maximum absolute atomic E-state index is 13.5. The summed E-state index contributed by atoms with van der Waals surface area (Å²) < 4.78 is 23.1. The molecule has 0 aliphatic rings. The topological polar surface area (TPSA) is 81.7 Å². The van der Waals surface area contributed by atoms with E-state index in [1.54, 1.807) is 17.5 Å². The summed E-state index contributed by atoms with van der Waals surface area (Å²) in [5, 5.41) is 4.35. The highest BCUT2D eigenvalue weighted by Crippen LogP contribution is 2.18. The first kappa shape index (κ1) is 18.6. The molecule has 1 aromatic heterocycles. The fourth-order valence-electron chi connectivity index (χ4n) is 1.91. The van der Waals surface area contributed by atoms with E-state index in [2.05, 4.69) is 5.32 Å². The molecule has 0 unspecified atom stereocenters. The third-order valence-corrected chi connectivity index (χ3v) is 4.07. The molecule has 0 fully saturated rings. The molecule has 0 radical (unpaired) electrons. The summed E-state index contributed by atoms with van der Waals surface area (Å²) in [5.74, 6) is -2.08. The van der Waals surface area contributed by atoms with Gasteiger partial charge in [-0.15, -0.1) is 11.3 Å². The summed E-state index contributed by atoms with van der Waals surface area (Å²) in [7, 11) is 1.32. The Labute approximate surface area is 147 Å². The van der Waals surface area contributed by atoms with Gasteiger partial charge in [0, 0.05) is 12.1 Å². The molecule has 132 valence electrons. The Bertz CT molecular complexity index is 760. The molecule has 8 heteroatoms. The number of esters is 1. The average molecular weight is 365 g/mol. The lowest BCUT2D eigenvalue weighted by atomic mass is 10.1. The van der Waals surface area contributed by atoms with Crippen LogP contribution in [0.3, 0.4) is 0 Å². The Kier molecular flexibility index (Phi) is 6.64. The maximum Gasteiger partial charge on any atom is 0.308 e. The number of carbonyl (C=O) groups is 3. The molecule has 0 spiro atoms. The summed E-state index contributed by atoms with van der Waals surface area (Å²) in [6.45, 7) is -0.398. The monoisotopic (exact) mass is 365 g/mol. The molecular weight excluding hydrogens is 349 g/mol. The van der Waals surface area contributed by atoms with Crippen molar-refractivity contribution in [2.45, 2.75) is 6.42 Å². The lowest BCUT2D eigenvalue weighted by molar-refractivity contribution is -0.142. The van der Waals surface area contributed by atoms with Crippen LogP contribution in [-0.2, 0) is 9.53 Å². The van der Waals surface area contributed by atoms with Gasteiger partial charge in [-0.05, 0) is 29.6 Å². The maximum atomic E-state index is 13.5. The smallest absolute Gasteiger partial charge is 0.308 e. The van der Waals surface area contributed by atoms with Gasteiger partial charge in [0.2, 0.25) is 0 Å². The van der Waals surface area contributed by atoms with E-state index >= 15 is 0 Å². The predicted octanol–water partition coefficient (Wildman–Crippen LogP) is 2.44. The number of rotatable bonds is 8. The van der Waals surface area contributed by atoms with Crippen LogP contribution in [0.4, 0.5) is 4.39 Å². The van der Waals surface area contributed by atoms with Gasteiger partial charge in [0.25, 0.3) is 5.91 Å². The molecule has 0 atom stereocenters. The summed E-state index contributed by atoms with van der Waals surface area (Å²) in [4.78, 5) is 35.7. The van der Waals surface area contributed by atoms with Gasteiger partial charge in [-0.1, -0.05) is 6.07 Å². The van der Waals surface area contributed by atoms with Crippen molar-refractivity contribution >= 4 is 29.0 Å². The zero-order valence-electron chi connectivity index (χ0n) is 13.4. The molecule has 2 rings (SSSR count). The number of hydrogen-bond donors (Lipinski definition) is 1. The van der Waals surface area contributed by atoms with E-state index in [1.165, 1.54) is 30.6 Å². The second-order valence-corrected chi connectivity index (χ2v) is 5.86. The number of thiophene rings is 1. The number of amides is 1. The molecule has 0 saturated carbocycles. The van der Waals surface area contributed by atoms with Crippen LogP contribution in [0, 0.1) is 5.82 Å². The van der Waals surface area contributed by atoms with E-state index in [0.29, 0.717) is 4.88 Å². The number of methoxy groups -OCH3 is 1. The van der Waals surface area contributed by atoms with Crippen molar-refractivity contribution in [2.75, 3.05) is 20.3 Å². The van der Waals surface area contributed by atoms with Crippen molar-refractivity contribution in [3.8, 4) is 5.75 Å². The average Bonchev–Trinajstić information content (AvgIpc) is 3.14. The van der Waals surface area contributed by atoms with Gasteiger partial charge >= 0.3 is 5.97 Å². The van der Waals surface area contributed by atoms with Crippen LogP contribution in [0.15, 0.2) is 35.7 Å². The second-order valence-electron chi connectivity index (χ2n) is 4.92. The molecule has 0 saturated heterocycles.